The lowest BCUT2D eigenvalue weighted by Crippen LogP contribution is -2.06. The van der Waals surface area contributed by atoms with Crippen molar-refractivity contribution in [3.8, 4) is 0 Å². The molecule has 1 rings (SSSR count). The van der Waals surface area contributed by atoms with Crippen LogP contribution in [0.3, 0.4) is 0 Å². The van der Waals surface area contributed by atoms with Gasteiger partial charge in [-0.25, -0.2) is 0 Å². The molecule has 0 aliphatic heterocycles. The maximum Gasteiger partial charge on any atom is 0.123 e. The van der Waals surface area contributed by atoms with Crippen LogP contribution in [-0.2, 0) is 11.2 Å². The minimum Gasteiger partial charge on any atom is -0.303 e. The van der Waals surface area contributed by atoms with Gasteiger partial charge in [-0.15, -0.1) is 0 Å². The van der Waals surface area contributed by atoms with E-state index in [1.807, 2.05) is 18.2 Å². The molecule has 1 heteroatoms. The van der Waals surface area contributed by atoms with Crippen LogP contribution < -0.4 is 0 Å². The van der Waals surface area contributed by atoms with Crippen LogP contribution in [0.25, 0.3) is 0 Å². The van der Waals surface area contributed by atoms with Crippen LogP contribution in [0.5, 0.6) is 0 Å². The lowest BCUT2D eigenvalue weighted by Gasteiger charge is -2.09. The quantitative estimate of drug-likeness (QED) is 0.489. The van der Waals surface area contributed by atoms with Crippen LogP contribution in [0.1, 0.15) is 38.2 Å². The van der Waals surface area contributed by atoms with E-state index in [4.69, 9.17) is 0 Å². The third kappa shape index (κ3) is 4.78. The molecule has 0 fully saturated rings. The van der Waals surface area contributed by atoms with E-state index >= 15 is 0 Å². The molecular weight excluding hydrogens is 184 g/mol. The molecular formula is C14H20O. The van der Waals surface area contributed by atoms with E-state index in [0.717, 1.165) is 19.1 Å². The maximum absolute atomic E-state index is 10.9. The first-order chi connectivity index (χ1) is 7.36. The summed E-state index contributed by atoms with van der Waals surface area (Å²) < 4.78 is 0. The Morgan fingerprint density at radius 3 is 2.53 bits per heavy atom. The van der Waals surface area contributed by atoms with E-state index in [1.165, 1.54) is 24.8 Å². The molecule has 1 atom stereocenters. The van der Waals surface area contributed by atoms with Gasteiger partial charge >= 0.3 is 0 Å². The second-order valence-electron chi connectivity index (χ2n) is 4.08. The van der Waals surface area contributed by atoms with E-state index in [-0.39, 0.29) is 5.92 Å². The molecule has 0 radical (unpaired) electrons. The Morgan fingerprint density at radius 1 is 1.20 bits per heavy atom. The molecule has 82 valence electrons. The second-order valence-corrected chi connectivity index (χ2v) is 4.08. The summed E-state index contributed by atoms with van der Waals surface area (Å²) in [5, 5.41) is 0. The monoisotopic (exact) mass is 204 g/mol. The van der Waals surface area contributed by atoms with Gasteiger partial charge < -0.3 is 4.79 Å². The summed E-state index contributed by atoms with van der Waals surface area (Å²) in [6.45, 7) is 2.19. The van der Waals surface area contributed by atoms with Crippen molar-refractivity contribution in [2.45, 2.75) is 39.0 Å². The molecule has 0 N–H and O–H groups in total. The first kappa shape index (κ1) is 12.0. The number of hydrogen-bond acceptors (Lipinski definition) is 1. The zero-order valence-corrected chi connectivity index (χ0v) is 9.49. The molecule has 0 spiro atoms. The van der Waals surface area contributed by atoms with Crippen LogP contribution in [0.4, 0.5) is 0 Å². The predicted octanol–water partition coefficient (Wildman–Crippen LogP) is 3.62. The zero-order chi connectivity index (χ0) is 10.9. The number of unbranched alkanes of at least 4 members (excludes halogenated alkanes) is 2. The van der Waals surface area contributed by atoms with Crippen molar-refractivity contribution in [1.29, 1.82) is 0 Å². The molecule has 1 nitrogen and oxygen atoms in total. The molecule has 0 heterocycles. The third-order valence-corrected chi connectivity index (χ3v) is 2.71. The molecule has 0 saturated carbocycles. The van der Waals surface area contributed by atoms with E-state index in [9.17, 15) is 4.79 Å². The van der Waals surface area contributed by atoms with Crippen LogP contribution >= 0.6 is 0 Å². The van der Waals surface area contributed by atoms with Crippen molar-refractivity contribution in [2.24, 2.45) is 5.92 Å². The highest BCUT2D eigenvalue weighted by Gasteiger charge is 2.07. The predicted molar refractivity (Wildman–Crippen MR) is 63.8 cm³/mol. The molecule has 0 aromatic heterocycles. The van der Waals surface area contributed by atoms with Crippen molar-refractivity contribution in [3.05, 3.63) is 35.9 Å². The Morgan fingerprint density at radius 2 is 1.93 bits per heavy atom. The fourth-order valence-electron chi connectivity index (χ4n) is 1.79. The molecule has 1 aromatic carbocycles. The summed E-state index contributed by atoms with van der Waals surface area (Å²) in [4.78, 5) is 10.9. The largest absolute Gasteiger partial charge is 0.303 e. The average Bonchev–Trinajstić information content (AvgIpc) is 2.29. The van der Waals surface area contributed by atoms with Gasteiger partial charge in [0.15, 0.2) is 0 Å². The van der Waals surface area contributed by atoms with Crippen LogP contribution in [0.15, 0.2) is 30.3 Å². The van der Waals surface area contributed by atoms with Gasteiger partial charge in [-0.05, 0) is 18.4 Å². The minimum absolute atomic E-state index is 0.207. The molecule has 0 aliphatic carbocycles. The summed E-state index contributed by atoms with van der Waals surface area (Å²) >= 11 is 0. The van der Waals surface area contributed by atoms with Crippen molar-refractivity contribution in [3.63, 3.8) is 0 Å². The fourth-order valence-corrected chi connectivity index (χ4v) is 1.79. The first-order valence-corrected chi connectivity index (χ1v) is 5.86. The number of carbonyl (C=O) groups is 1. The van der Waals surface area contributed by atoms with Crippen molar-refractivity contribution in [2.75, 3.05) is 0 Å². The number of benzene rings is 1. The smallest absolute Gasteiger partial charge is 0.123 e. The van der Waals surface area contributed by atoms with Crippen LogP contribution in [-0.4, -0.2) is 6.29 Å². The SMILES string of the molecule is CCCCCC(C=O)Cc1ccccc1. The summed E-state index contributed by atoms with van der Waals surface area (Å²) in [6, 6.07) is 10.3. The number of aldehydes is 1. The van der Waals surface area contributed by atoms with Gasteiger partial charge in [-0.3, -0.25) is 0 Å². The molecule has 0 bridgehead atoms. The Labute approximate surface area is 92.5 Å². The number of hydrogen-bond donors (Lipinski definition) is 0. The number of carbonyl (C=O) groups excluding carboxylic acids is 1. The Hall–Kier alpha value is -1.11. The Bertz CT molecular complexity index is 266. The van der Waals surface area contributed by atoms with Gasteiger partial charge in [-0.2, -0.15) is 0 Å². The lowest BCUT2D eigenvalue weighted by molar-refractivity contribution is -0.111. The normalized spacial score (nSPS) is 12.3. The summed E-state index contributed by atoms with van der Waals surface area (Å²) in [7, 11) is 0. The topological polar surface area (TPSA) is 17.1 Å². The van der Waals surface area contributed by atoms with Gasteiger partial charge in [0.1, 0.15) is 6.29 Å². The van der Waals surface area contributed by atoms with Crippen LogP contribution in [0, 0.1) is 5.92 Å². The molecule has 0 saturated heterocycles. The summed E-state index contributed by atoms with van der Waals surface area (Å²) in [5.41, 5.74) is 1.27. The Kier molecular flexibility index (Phi) is 5.76. The van der Waals surface area contributed by atoms with Gasteiger partial charge in [-0.1, -0.05) is 56.5 Å². The van der Waals surface area contributed by atoms with Gasteiger partial charge in [0.05, 0.1) is 0 Å². The standard InChI is InChI=1S/C14H20O/c1-2-3-5-10-14(12-15)11-13-8-6-4-7-9-13/h4,6-9,12,14H,2-3,5,10-11H2,1H3. The summed E-state index contributed by atoms with van der Waals surface area (Å²) in [6.07, 6.45) is 6.67. The van der Waals surface area contributed by atoms with Gasteiger partial charge in [0, 0.05) is 5.92 Å². The highest BCUT2D eigenvalue weighted by Crippen LogP contribution is 2.13. The van der Waals surface area contributed by atoms with E-state index < -0.39 is 0 Å². The molecule has 1 aromatic rings. The average molecular weight is 204 g/mol. The van der Waals surface area contributed by atoms with Crippen molar-refractivity contribution in [1.82, 2.24) is 0 Å². The van der Waals surface area contributed by atoms with Gasteiger partial charge in [0.25, 0.3) is 0 Å². The van der Waals surface area contributed by atoms with E-state index in [0.29, 0.717) is 0 Å². The molecule has 15 heavy (non-hydrogen) atoms. The van der Waals surface area contributed by atoms with E-state index in [2.05, 4.69) is 19.1 Å². The molecule has 1 unspecified atom stereocenters. The van der Waals surface area contributed by atoms with Crippen LogP contribution in [0.2, 0.25) is 0 Å². The highest BCUT2D eigenvalue weighted by molar-refractivity contribution is 5.54. The molecule has 0 aliphatic rings. The van der Waals surface area contributed by atoms with E-state index in [1.54, 1.807) is 0 Å². The van der Waals surface area contributed by atoms with Crippen molar-refractivity contribution < 1.29 is 4.79 Å². The van der Waals surface area contributed by atoms with Crippen molar-refractivity contribution >= 4 is 6.29 Å². The Balaban J connectivity index is 2.37. The molecule has 0 amide bonds. The maximum atomic E-state index is 10.9. The number of rotatable bonds is 7. The highest BCUT2D eigenvalue weighted by atomic mass is 16.1. The second kappa shape index (κ2) is 7.22. The first-order valence-electron chi connectivity index (χ1n) is 5.86. The zero-order valence-electron chi connectivity index (χ0n) is 9.49. The minimum atomic E-state index is 0.207. The van der Waals surface area contributed by atoms with Gasteiger partial charge in [0.2, 0.25) is 0 Å². The summed E-state index contributed by atoms with van der Waals surface area (Å²) in [5.74, 6) is 0.207. The third-order valence-electron chi connectivity index (χ3n) is 2.71. The fraction of sp³-hybridized carbons (Fsp3) is 0.500. The lowest BCUT2D eigenvalue weighted by atomic mass is 9.95.